The fourth-order valence-electron chi connectivity index (χ4n) is 3.53. The number of piperidine rings is 2. The quantitative estimate of drug-likeness (QED) is 0.837. The number of aryl methyl sites for hydroxylation is 1. The van der Waals surface area contributed by atoms with Gasteiger partial charge in [-0.1, -0.05) is 6.42 Å². The van der Waals surface area contributed by atoms with Crippen molar-refractivity contribution >= 4 is 15.9 Å². The molecule has 3 heterocycles. The smallest absolute Gasteiger partial charge is 0.270 e. The van der Waals surface area contributed by atoms with Crippen molar-refractivity contribution in [2.75, 3.05) is 26.2 Å². The van der Waals surface area contributed by atoms with E-state index in [1.807, 2.05) is 19.3 Å². The van der Waals surface area contributed by atoms with E-state index in [-0.39, 0.29) is 11.2 Å². The van der Waals surface area contributed by atoms with Crippen LogP contribution in [0.4, 0.5) is 0 Å². The predicted molar refractivity (Wildman–Crippen MR) is 88.7 cm³/mol. The summed E-state index contributed by atoms with van der Waals surface area (Å²) in [7, 11) is -1.36. The zero-order valence-electron chi connectivity index (χ0n) is 13.6. The molecule has 1 aromatic rings. The second-order valence-electron chi connectivity index (χ2n) is 6.50. The zero-order chi connectivity index (χ0) is 16.4. The fourth-order valence-corrected chi connectivity index (χ4v) is 5.53. The minimum Gasteiger partial charge on any atom is -0.347 e. The third-order valence-electron chi connectivity index (χ3n) is 4.99. The molecule has 23 heavy (non-hydrogen) atoms. The summed E-state index contributed by atoms with van der Waals surface area (Å²) in [5.74, 6) is -0.00804. The Hall–Kier alpha value is -1.34. The van der Waals surface area contributed by atoms with Crippen molar-refractivity contribution in [2.45, 2.75) is 37.4 Å². The fraction of sp³-hybridized carbons (Fsp3) is 0.688. The number of carbonyl (C=O) groups is 1. The third-order valence-corrected chi connectivity index (χ3v) is 7.39. The summed E-state index contributed by atoms with van der Waals surface area (Å²) < 4.78 is 28.9. The molecule has 1 aromatic heterocycles. The van der Waals surface area contributed by atoms with E-state index in [4.69, 9.17) is 0 Å². The first-order valence-corrected chi connectivity index (χ1v) is 9.90. The molecule has 3 rings (SSSR count). The summed E-state index contributed by atoms with van der Waals surface area (Å²) in [6, 6.07) is 3.65. The third kappa shape index (κ3) is 3.30. The number of nitrogens with zero attached hydrogens (tertiary/aromatic N) is 3. The molecular formula is C16H25N3O3S. The zero-order valence-corrected chi connectivity index (χ0v) is 14.5. The Morgan fingerprint density at radius 3 is 2.30 bits per heavy atom. The van der Waals surface area contributed by atoms with Crippen LogP contribution in [0.15, 0.2) is 18.3 Å². The van der Waals surface area contributed by atoms with Gasteiger partial charge in [-0.3, -0.25) is 4.79 Å². The Bertz CT molecular complexity index is 654. The number of likely N-dealkylation sites (tertiary alicyclic amines) is 1. The van der Waals surface area contributed by atoms with Gasteiger partial charge < -0.3 is 9.47 Å². The van der Waals surface area contributed by atoms with Crippen molar-refractivity contribution in [1.29, 1.82) is 0 Å². The molecular weight excluding hydrogens is 314 g/mol. The van der Waals surface area contributed by atoms with Gasteiger partial charge in [-0.05, 0) is 37.8 Å². The van der Waals surface area contributed by atoms with Crippen molar-refractivity contribution in [3.63, 3.8) is 0 Å². The van der Waals surface area contributed by atoms with Crippen molar-refractivity contribution in [3.8, 4) is 0 Å². The minimum absolute atomic E-state index is 0.00804. The Morgan fingerprint density at radius 1 is 1.09 bits per heavy atom. The lowest BCUT2D eigenvalue weighted by molar-refractivity contribution is 0.0715. The topological polar surface area (TPSA) is 62.6 Å². The predicted octanol–water partition coefficient (Wildman–Crippen LogP) is 1.45. The summed E-state index contributed by atoms with van der Waals surface area (Å²) in [6.45, 7) is 2.35. The van der Waals surface area contributed by atoms with E-state index in [9.17, 15) is 13.2 Å². The van der Waals surface area contributed by atoms with Crippen LogP contribution in [-0.4, -0.2) is 59.5 Å². The first-order valence-electron chi connectivity index (χ1n) is 8.40. The van der Waals surface area contributed by atoms with E-state index in [1.54, 1.807) is 19.8 Å². The normalized spacial score (nSPS) is 21.5. The Kier molecular flexibility index (Phi) is 4.77. The summed E-state index contributed by atoms with van der Waals surface area (Å²) >= 11 is 0. The molecule has 2 aliphatic heterocycles. The van der Waals surface area contributed by atoms with Crippen LogP contribution < -0.4 is 0 Å². The molecule has 1 amide bonds. The average molecular weight is 339 g/mol. The minimum atomic E-state index is -3.21. The van der Waals surface area contributed by atoms with Crippen LogP contribution in [0, 0.1) is 0 Å². The number of carbonyl (C=O) groups excluding carboxylic acids is 1. The van der Waals surface area contributed by atoms with Gasteiger partial charge in [-0.15, -0.1) is 0 Å². The van der Waals surface area contributed by atoms with Gasteiger partial charge in [0.05, 0.1) is 5.25 Å². The molecule has 0 spiro atoms. The highest BCUT2D eigenvalue weighted by Crippen LogP contribution is 2.24. The molecule has 7 heteroatoms. The second-order valence-corrected chi connectivity index (χ2v) is 8.71. The van der Waals surface area contributed by atoms with E-state index < -0.39 is 10.0 Å². The number of hydrogen-bond donors (Lipinski definition) is 0. The highest BCUT2D eigenvalue weighted by Gasteiger charge is 2.36. The highest BCUT2D eigenvalue weighted by atomic mass is 32.2. The van der Waals surface area contributed by atoms with Gasteiger partial charge in [0.2, 0.25) is 10.0 Å². The van der Waals surface area contributed by atoms with E-state index in [0.29, 0.717) is 44.7 Å². The Balaban J connectivity index is 1.62. The van der Waals surface area contributed by atoms with Gasteiger partial charge in [-0.2, -0.15) is 0 Å². The standard InChI is InChI=1S/C16H25N3O3S/c1-17-9-5-6-15(17)16(20)18-12-7-14(8-13-18)23(21,22)19-10-3-2-4-11-19/h5-6,9,14H,2-4,7-8,10-13H2,1H3. The van der Waals surface area contributed by atoms with Gasteiger partial charge in [0.15, 0.2) is 0 Å². The second kappa shape index (κ2) is 6.65. The van der Waals surface area contributed by atoms with Crippen molar-refractivity contribution in [2.24, 2.45) is 7.05 Å². The summed E-state index contributed by atoms with van der Waals surface area (Å²) in [6.07, 6.45) is 5.97. The van der Waals surface area contributed by atoms with Gasteiger partial charge in [0.25, 0.3) is 5.91 Å². The molecule has 2 aliphatic rings. The average Bonchev–Trinajstić information content (AvgIpc) is 3.01. The number of amides is 1. The van der Waals surface area contributed by atoms with Crippen LogP contribution in [0.1, 0.15) is 42.6 Å². The lowest BCUT2D eigenvalue weighted by Gasteiger charge is -2.35. The van der Waals surface area contributed by atoms with Crippen LogP contribution in [0.3, 0.4) is 0 Å². The van der Waals surface area contributed by atoms with Crippen LogP contribution in [0.2, 0.25) is 0 Å². The van der Waals surface area contributed by atoms with Crippen LogP contribution in [0.5, 0.6) is 0 Å². The van der Waals surface area contributed by atoms with Crippen molar-refractivity contribution in [1.82, 2.24) is 13.8 Å². The first-order chi connectivity index (χ1) is 11.0. The lowest BCUT2D eigenvalue weighted by atomic mass is 10.1. The van der Waals surface area contributed by atoms with Gasteiger partial charge in [-0.25, -0.2) is 12.7 Å². The molecule has 0 aliphatic carbocycles. The molecule has 0 radical (unpaired) electrons. The molecule has 0 atom stereocenters. The van der Waals surface area contributed by atoms with Crippen LogP contribution in [0.25, 0.3) is 0 Å². The summed E-state index contributed by atoms with van der Waals surface area (Å²) in [5, 5.41) is -0.335. The number of hydrogen-bond acceptors (Lipinski definition) is 3. The number of sulfonamides is 1. The molecule has 0 N–H and O–H groups in total. The van der Waals surface area contributed by atoms with Gasteiger partial charge in [0.1, 0.15) is 5.69 Å². The maximum Gasteiger partial charge on any atom is 0.270 e. The Labute approximate surface area is 138 Å². The van der Waals surface area contributed by atoms with Crippen LogP contribution >= 0.6 is 0 Å². The summed E-state index contributed by atoms with van der Waals surface area (Å²) in [5.41, 5.74) is 0.655. The molecule has 0 aromatic carbocycles. The molecule has 2 saturated heterocycles. The van der Waals surface area contributed by atoms with E-state index in [2.05, 4.69) is 0 Å². The molecule has 128 valence electrons. The molecule has 6 nitrogen and oxygen atoms in total. The largest absolute Gasteiger partial charge is 0.347 e. The molecule has 2 fully saturated rings. The molecule has 0 saturated carbocycles. The first kappa shape index (κ1) is 16.5. The van der Waals surface area contributed by atoms with E-state index in [1.165, 1.54) is 0 Å². The van der Waals surface area contributed by atoms with E-state index in [0.717, 1.165) is 19.3 Å². The maximum atomic E-state index is 12.7. The van der Waals surface area contributed by atoms with Crippen molar-refractivity contribution < 1.29 is 13.2 Å². The monoisotopic (exact) mass is 339 g/mol. The SMILES string of the molecule is Cn1cccc1C(=O)N1CCC(S(=O)(=O)N2CCCCC2)CC1. The van der Waals surface area contributed by atoms with Gasteiger partial charge in [0, 0.05) is 39.4 Å². The van der Waals surface area contributed by atoms with Crippen LogP contribution in [-0.2, 0) is 17.1 Å². The molecule has 0 bridgehead atoms. The highest BCUT2D eigenvalue weighted by molar-refractivity contribution is 7.89. The summed E-state index contributed by atoms with van der Waals surface area (Å²) in [4.78, 5) is 14.3. The lowest BCUT2D eigenvalue weighted by Crippen LogP contribution is -2.48. The number of rotatable bonds is 3. The van der Waals surface area contributed by atoms with Crippen molar-refractivity contribution in [3.05, 3.63) is 24.0 Å². The van der Waals surface area contributed by atoms with Gasteiger partial charge >= 0.3 is 0 Å². The Morgan fingerprint density at radius 2 is 1.74 bits per heavy atom. The maximum absolute atomic E-state index is 12.7. The number of aromatic nitrogens is 1. The molecule has 0 unspecified atom stereocenters. The van der Waals surface area contributed by atoms with E-state index >= 15 is 0 Å².